The number of halogens is 3. The number of hydrogen-bond acceptors (Lipinski definition) is 4. The quantitative estimate of drug-likeness (QED) is 0.898. The highest BCUT2D eigenvalue weighted by molar-refractivity contribution is 5.41. The fourth-order valence-corrected chi connectivity index (χ4v) is 1.49. The highest BCUT2D eigenvalue weighted by Gasteiger charge is 2.33. The zero-order valence-corrected chi connectivity index (χ0v) is 9.78. The van der Waals surface area contributed by atoms with Crippen molar-refractivity contribution >= 4 is 11.8 Å². The van der Waals surface area contributed by atoms with Gasteiger partial charge in [0.2, 0.25) is 5.95 Å². The van der Waals surface area contributed by atoms with E-state index in [9.17, 15) is 13.2 Å². The number of nitrogens with two attached hydrogens (primary N) is 1. The van der Waals surface area contributed by atoms with Crippen LogP contribution in [0.15, 0.2) is 36.4 Å². The second-order valence-corrected chi connectivity index (χ2v) is 3.83. The van der Waals surface area contributed by atoms with Gasteiger partial charge in [0, 0.05) is 12.6 Å². The van der Waals surface area contributed by atoms with E-state index in [1.807, 2.05) is 30.3 Å². The van der Waals surface area contributed by atoms with Crippen LogP contribution in [-0.2, 0) is 12.7 Å². The lowest BCUT2D eigenvalue weighted by atomic mass is 10.2. The first-order valence-electron chi connectivity index (χ1n) is 5.45. The molecule has 0 amide bonds. The molecule has 0 unspecified atom stereocenters. The molecule has 0 bridgehead atoms. The van der Waals surface area contributed by atoms with E-state index < -0.39 is 17.8 Å². The fraction of sp³-hybridized carbons (Fsp3) is 0.167. The van der Waals surface area contributed by atoms with Crippen LogP contribution in [-0.4, -0.2) is 9.97 Å². The number of anilines is 2. The summed E-state index contributed by atoms with van der Waals surface area (Å²) >= 11 is 0. The number of benzene rings is 1. The van der Waals surface area contributed by atoms with Gasteiger partial charge in [0.25, 0.3) is 0 Å². The normalized spacial score (nSPS) is 11.3. The Morgan fingerprint density at radius 3 is 2.42 bits per heavy atom. The summed E-state index contributed by atoms with van der Waals surface area (Å²) in [4.78, 5) is 6.88. The lowest BCUT2D eigenvalue weighted by Gasteiger charge is -2.10. The lowest BCUT2D eigenvalue weighted by Crippen LogP contribution is -2.13. The average molecular weight is 268 g/mol. The standard InChI is InChI=1S/C12H11F3N4/c13-12(14,15)9-6-10(19-11(16)18-9)17-7-8-4-2-1-3-5-8/h1-6H,7H2,(H3,16,17,18,19). The monoisotopic (exact) mass is 268 g/mol. The molecular formula is C12H11F3N4. The van der Waals surface area contributed by atoms with Crippen molar-refractivity contribution in [1.82, 2.24) is 9.97 Å². The summed E-state index contributed by atoms with van der Waals surface area (Å²) in [5.74, 6) is -0.367. The maximum atomic E-state index is 12.5. The van der Waals surface area contributed by atoms with Crippen molar-refractivity contribution in [2.75, 3.05) is 11.1 Å². The van der Waals surface area contributed by atoms with Crippen molar-refractivity contribution in [2.45, 2.75) is 12.7 Å². The van der Waals surface area contributed by atoms with Crippen molar-refractivity contribution in [3.05, 3.63) is 47.7 Å². The van der Waals surface area contributed by atoms with Crippen LogP contribution in [0.25, 0.3) is 0 Å². The highest BCUT2D eigenvalue weighted by Crippen LogP contribution is 2.29. The van der Waals surface area contributed by atoms with Crippen LogP contribution in [0.2, 0.25) is 0 Å². The minimum absolute atomic E-state index is 0.0451. The van der Waals surface area contributed by atoms with Gasteiger partial charge >= 0.3 is 6.18 Å². The predicted molar refractivity (Wildman–Crippen MR) is 65.2 cm³/mol. The van der Waals surface area contributed by atoms with Gasteiger partial charge in [-0.1, -0.05) is 30.3 Å². The van der Waals surface area contributed by atoms with E-state index >= 15 is 0 Å². The Hall–Kier alpha value is -2.31. The molecule has 0 aliphatic heterocycles. The van der Waals surface area contributed by atoms with Gasteiger partial charge in [0.1, 0.15) is 5.82 Å². The Bertz CT molecular complexity index is 555. The van der Waals surface area contributed by atoms with E-state index in [-0.39, 0.29) is 5.82 Å². The fourth-order valence-electron chi connectivity index (χ4n) is 1.49. The molecule has 19 heavy (non-hydrogen) atoms. The molecule has 0 spiro atoms. The topological polar surface area (TPSA) is 63.8 Å². The molecule has 0 fully saturated rings. The van der Waals surface area contributed by atoms with Gasteiger partial charge in [-0.15, -0.1) is 0 Å². The molecule has 4 nitrogen and oxygen atoms in total. The summed E-state index contributed by atoms with van der Waals surface area (Å²) in [5, 5.41) is 2.78. The van der Waals surface area contributed by atoms with Gasteiger partial charge in [0.05, 0.1) is 0 Å². The Labute approximate surface area is 107 Å². The summed E-state index contributed by atoms with van der Waals surface area (Å²) < 4.78 is 37.6. The van der Waals surface area contributed by atoms with E-state index in [2.05, 4.69) is 15.3 Å². The van der Waals surface area contributed by atoms with E-state index in [0.717, 1.165) is 11.6 Å². The van der Waals surface area contributed by atoms with Gasteiger partial charge < -0.3 is 11.1 Å². The number of nitrogens with one attached hydrogen (secondary N) is 1. The number of aromatic nitrogens is 2. The van der Waals surface area contributed by atoms with Crippen molar-refractivity contribution in [1.29, 1.82) is 0 Å². The first-order chi connectivity index (χ1) is 8.95. The van der Waals surface area contributed by atoms with Gasteiger partial charge in [-0.2, -0.15) is 18.2 Å². The molecule has 0 radical (unpaired) electrons. The van der Waals surface area contributed by atoms with Crippen molar-refractivity contribution in [2.24, 2.45) is 0 Å². The van der Waals surface area contributed by atoms with E-state index in [4.69, 9.17) is 5.73 Å². The predicted octanol–water partition coefficient (Wildman–Crippen LogP) is 2.69. The highest BCUT2D eigenvalue weighted by atomic mass is 19.4. The molecule has 0 saturated heterocycles. The lowest BCUT2D eigenvalue weighted by molar-refractivity contribution is -0.141. The van der Waals surface area contributed by atoms with E-state index in [1.54, 1.807) is 0 Å². The minimum Gasteiger partial charge on any atom is -0.368 e. The molecule has 1 heterocycles. The van der Waals surface area contributed by atoms with Crippen molar-refractivity contribution < 1.29 is 13.2 Å². The molecule has 2 rings (SSSR count). The number of nitrogen functional groups attached to an aromatic ring is 1. The summed E-state index contributed by atoms with van der Waals surface area (Å²) in [7, 11) is 0. The first kappa shape index (κ1) is 13.1. The van der Waals surface area contributed by atoms with Gasteiger partial charge in [-0.3, -0.25) is 0 Å². The third-order valence-corrected chi connectivity index (χ3v) is 2.35. The molecule has 0 aliphatic rings. The minimum atomic E-state index is -4.54. The molecular weight excluding hydrogens is 257 g/mol. The van der Waals surface area contributed by atoms with Gasteiger partial charge in [0.15, 0.2) is 5.69 Å². The molecule has 1 aromatic heterocycles. The third-order valence-electron chi connectivity index (χ3n) is 2.35. The summed E-state index contributed by atoms with van der Waals surface area (Å²) in [6.07, 6.45) is -4.54. The van der Waals surface area contributed by atoms with Crippen LogP contribution in [0.3, 0.4) is 0 Å². The smallest absolute Gasteiger partial charge is 0.368 e. The molecule has 7 heteroatoms. The molecule has 0 saturated carbocycles. The largest absolute Gasteiger partial charge is 0.433 e. The Morgan fingerprint density at radius 2 is 1.79 bits per heavy atom. The summed E-state index contributed by atoms with van der Waals surface area (Å²) in [6, 6.07) is 10.1. The zero-order valence-electron chi connectivity index (χ0n) is 9.78. The summed E-state index contributed by atoms with van der Waals surface area (Å²) in [5.41, 5.74) is 5.13. The maximum absolute atomic E-state index is 12.5. The molecule has 2 aromatic rings. The Balaban J connectivity index is 2.15. The van der Waals surface area contributed by atoms with Crippen LogP contribution in [0.1, 0.15) is 11.3 Å². The average Bonchev–Trinajstić information content (AvgIpc) is 2.36. The van der Waals surface area contributed by atoms with Crippen molar-refractivity contribution in [3.63, 3.8) is 0 Å². The van der Waals surface area contributed by atoms with Crippen LogP contribution in [0.5, 0.6) is 0 Å². The van der Waals surface area contributed by atoms with E-state index in [0.29, 0.717) is 6.54 Å². The van der Waals surface area contributed by atoms with Crippen LogP contribution in [0.4, 0.5) is 24.9 Å². The molecule has 3 N–H and O–H groups in total. The van der Waals surface area contributed by atoms with Crippen LogP contribution < -0.4 is 11.1 Å². The number of hydrogen-bond donors (Lipinski definition) is 2. The van der Waals surface area contributed by atoms with Crippen LogP contribution >= 0.6 is 0 Å². The van der Waals surface area contributed by atoms with Gasteiger partial charge in [-0.25, -0.2) is 4.98 Å². The Morgan fingerprint density at radius 1 is 1.11 bits per heavy atom. The molecule has 1 aromatic carbocycles. The second-order valence-electron chi connectivity index (χ2n) is 3.83. The third kappa shape index (κ3) is 3.57. The number of nitrogens with zero attached hydrogens (tertiary/aromatic N) is 2. The van der Waals surface area contributed by atoms with E-state index in [1.165, 1.54) is 0 Å². The van der Waals surface area contributed by atoms with Gasteiger partial charge in [-0.05, 0) is 5.56 Å². The summed E-state index contributed by atoms with van der Waals surface area (Å²) in [6.45, 7) is 0.356. The first-order valence-corrected chi connectivity index (χ1v) is 5.45. The maximum Gasteiger partial charge on any atom is 0.433 e. The SMILES string of the molecule is Nc1nc(NCc2ccccc2)cc(C(F)(F)F)n1. The number of alkyl halides is 3. The van der Waals surface area contributed by atoms with Crippen molar-refractivity contribution in [3.8, 4) is 0 Å². The molecule has 100 valence electrons. The second kappa shape index (κ2) is 5.13. The zero-order chi connectivity index (χ0) is 13.9. The molecule has 0 aliphatic carbocycles. The Kier molecular flexibility index (Phi) is 3.55. The number of rotatable bonds is 3. The molecule has 0 atom stereocenters. The van der Waals surface area contributed by atoms with Crippen LogP contribution in [0, 0.1) is 0 Å².